The third-order valence-corrected chi connectivity index (χ3v) is 6.88. The predicted molar refractivity (Wildman–Crippen MR) is 105 cm³/mol. The van der Waals surface area contributed by atoms with Crippen molar-refractivity contribution in [2.75, 3.05) is 44.6 Å². The Morgan fingerprint density at radius 2 is 1.93 bits per heavy atom. The Kier molecular flexibility index (Phi) is 5.65. The molecule has 3 N–H and O–H groups in total. The van der Waals surface area contributed by atoms with Gasteiger partial charge in [-0.1, -0.05) is 0 Å². The van der Waals surface area contributed by atoms with E-state index >= 15 is 0 Å². The van der Waals surface area contributed by atoms with Crippen molar-refractivity contribution >= 4 is 34.1 Å². The van der Waals surface area contributed by atoms with Crippen LogP contribution >= 0.6 is 11.3 Å². The number of nitrogens with two attached hydrogens (primary N) is 1. The number of carbonyl (C=O) groups excluding carboxylic acids is 3. The second-order valence-electron chi connectivity index (χ2n) is 7.58. The van der Waals surface area contributed by atoms with Crippen LogP contribution in [-0.2, 0) is 27.2 Å². The zero-order valence-corrected chi connectivity index (χ0v) is 16.7. The lowest BCUT2D eigenvalue weighted by atomic mass is 10.1. The smallest absolute Gasteiger partial charge is 0.251 e. The van der Waals surface area contributed by atoms with E-state index in [-0.39, 0.29) is 24.5 Å². The van der Waals surface area contributed by atoms with Gasteiger partial charge in [0.1, 0.15) is 11.1 Å². The molecule has 3 heterocycles. The minimum atomic E-state index is -0.476. The monoisotopic (exact) mass is 406 g/mol. The first-order valence-corrected chi connectivity index (χ1v) is 10.7. The average molecular weight is 407 g/mol. The molecular formula is C19H26N4O4S. The maximum Gasteiger partial charge on any atom is 0.251 e. The van der Waals surface area contributed by atoms with Crippen LogP contribution in [0.25, 0.3) is 0 Å². The van der Waals surface area contributed by atoms with Crippen molar-refractivity contribution in [2.45, 2.75) is 38.2 Å². The fourth-order valence-corrected chi connectivity index (χ4v) is 5.54. The Balaban J connectivity index is 1.30. The van der Waals surface area contributed by atoms with E-state index in [1.807, 2.05) is 9.80 Å². The molecule has 152 valence electrons. The molecular weight excluding hydrogens is 380 g/mol. The summed E-state index contributed by atoms with van der Waals surface area (Å²) in [5, 5.41) is 3.46. The number of ether oxygens (including phenoxy) is 1. The van der Waals surface area contributed by atoms with E-state index in [4.69, 9.17) is 10.5 Å². The van der Waals surface area contributed by atoms with E-state index in [0.29, 0.717) is 43.4 Å². The van der Waals surface area contributed by atoms with E-state index < -0.39 is 5.91 Å². The molecule has 1 atom stereocenters. The molecule has 4 rings (SSSR count). The summed E-state index contributed by atoms with van der Waals surface area (Å²) in [5.41, 5.74) is 7.04. The number of aryl methyl sites for hydroxylation is 1. The lowest BCUT2D eigenvalue weighted by Gasteiger charge is -2.35. The first kappa shape index (κ1) is 19.4. The summed E-state index contributed by atoms with van der Waals surface area (Å²) < 4.78 is 5.48. The molecule has 0 radical (unpaired) electrons. The zero-order chi connectivity index (χ0) is 19.7. The molecule has 3 amide bonds. The molecule has 2 fully saturated rings. The molecule has 2 aliphatic heterocycles. The van der Waals surface area contributed by atoms with Gasteiger partial charge in [0.2, 0.25) is 5.91 Å². The van der Waals surface area contributed by atoms with Crippen molar-refractivity contribution in [3.05, 3.63) is 16.0 Å². The lowest BCUT2D eigenvalue weighted by Crippen LogP contribution is -2.52. The largest absolute Gasteiger partial charge is 0.368 e. The van der Waals surface area contributed by atoms with Crippen LogP contribution in [0.5, 0.6) is 0 Å². The van der Waals surface area contributed by atoms with Crippen LogP contribution in [0.3, 0.4) is 0 Å². The number of rotatable bonds is 5. The zero-order valence-electron chi connectivity index (χ0n) is 15.9. The molecule has 28 heavy (non-hydrogen) atoms. The maximum absolute atomic E-state index is 12.5. The minimum absolute atomic E-state index is 0.0702. The van der Waals surface area contributed by atoms with Gasteiger partial charge in [0, 0.05) is 37.7 Å². The number of piperazine rings is 1. The standard InChI is InChI=1S/C19H26N4O4S/c20-17(25)16-12-3-1-5-14(12)28-18(16)21-15(24)11-22-6-8-23(9-7-22)19(26)13-4-2-10-27-13/h13H,1-11H2,(H2,20,25)(H,21,24). The number of carbonyl (C=O) groups is 3. The summed E-state index contributed by atoms with van der Waals surface area (Å²) in [4.78, 5) is 41.8. The first-order valence-electron chi connectivity index (χ1n) is 9.90. The Morgan fingerprint density at radius 1 is 1.14 bits per heavy atom. The second kappa shape index (κ2) is 8.18. The molecule has 1 unspecified atom stereocenters. The van der Waals surface area contributed by atoms with Crippen LogP contribution in [0.15, 0.2) is 0 Å². The molecule has 0 spiro atoms. The number of hydrogen-bond acceptors (Lipinski definition) is 6. The van der Waals surface area contributed by atoms with Crippen LogP contribution in [0.1, 0.15) is 40.1 Å². The molecule has 9 heteroatoms. The summed E-state index contributed by atoms with van der Waals surface area (Å²) in [7, 11) is 0. The molecule has 8 nitrogen and oxygen atoms in total. The first-order chi connectivity index (χ1) is 13.5. The van der Waals surface area contributed by atoms with Crippen LogP contribution in [-0.4, -0.2) is 73.0 Å². The number of fused-ring (bicyclic) bond motifs is 1. The van der Waals surface area contributed by atoms with Gasteiger partial charge >= 0.3 is 0 Å². The molecule has 0 aromatic carbocycles. The summed E-state index contributed by atoms with van der Waals surface area (Å²) in [6.07, 6.45) is 4.27. The van der Waals surface area contributed by atoms with E-state index in [0.717, 1.165) is 42.5 Å². The highest BCUT2D eigenvalue weighted by atomic mass is 32.1. The number of anilines is 1. The van der Waals surface area contributed by atoms with Crippen molar-refractivity contribution in [2.24, 2.45) is 5.73 Å². The van der Waals surface area contributed by atoms with Crippen molar-refractivity contribution in [3.8, 4) is 0 Å². The number of primary amides is 1. The number of hydrogen-bond donors (Lipinski definition) is 2. The average Bonchev–Trinajstić information content (AvgIpc) is 3.38. The Bertz CT molecular complexity index is 779. The van der Waals surface area contributed by atoms with Gasteiger partial charge in [-0.3, -0.25) is 19.3 Å². The Hall–Kier alpha value is -1.97. The fraction of sp³-hybridized carbons (Fsp3) is 0.632. The fourth-order valence-electron chi connectivity index (χ4n) is 4.22. The van der Waals surface area contributed by atoms with E-state index in [9.17, 15) is 14.4 Å². The Labute approximate surface area is 168 Å². The highest BCUT2D eigenvalue weighted by Gasteiger charge is 2.31. The van der Waals surface area contributed by atoms with E-state index in [1.165, 1.54) is 11.3 Å². The van der Waals surface area contributed by atoms with Gasteiger partial charge in [-0.15, -0.1) is 11.3 Å². The number of amides is 3. The Morgan fingerprint density at radius 3 is 2.61 bits per heavy atom. The number of nitrogens with zero attached hydrogens (tertiary/aromatic N) is 2. The van der Waals surface area contributed by atoms with Gasteiger partial charge in [-0.05, 0) is 37.7 Å². The van der Waals surface area contributed by atoms with Crippen molar-refractivity contribution in [1.29, 1.82) is 0 Å². The third-order valence-electron chi connectivity index (χ3n) is 5.68. The molecule has 2 saturated heterocycles. The van der Waals surface area contributed by atoms with Gasteiger partial charge in [-0.25, -0.2) is 0 Å². The summed E-state index contributed by atoms with van der Waals surface area (Å²) in [5.74, 6) is -0.557. The normalized spacial score (nSPS) is 22.3. The molecule has 0 bridgehead atoms. The van der Waals surface area contributed by atoms with Crippen LogP contribution in [0, 0.1) is 0 Å². The predicted octanol–water partition coefficient (Wildman–Crippen LogP) is 0.597. The second-order valence-corrected chi connectivity index (χ2v) is 8.68. The van der Waals surface area contributed by atoms with Gasteiger partial charge in [0.15, 0.2) is 0 Å². The van der Waals surface area contributed by atoms with E-state index in [2.05, 4.69) is 5.32 Å². The van der Waals surface area contributed by atoms with Gasteiger partial charge in [-0.2, -0.15) is 0 Å². The minimum Gasteiger partial charge on any atom is -0.368 e. The lowest BCUT2D eigenvalue weighted by molar-refractivity contribution is -0.142. The topological polar surface area (TPSA) is 105 Å². The van der Waals surface area contributed by atoms with Crippen molar-refractivity contribution in [3.63, 3.8) is 0 Å². The number of thiophene rings is 1. The van der Waals surface area contributed by atoms with Crippen LogP contribution < -0.4 is 11.1 Å². The molecule has 1 aliphatic carbocycles. The molecule has 1 aromatic rings. The van der Waals surface area contributed by atoms with Crippen LogP contribution in [0.4, 0.5) is 5.00 Å². The highest BCUT2D eigenvalue weighted by Crippen LogP contribution is 2.38. The SMILES string of the molecule is NC(=O)c1c(NC(=O)CN2CCN(C(=O)C3CCCO3)CC2)sc2c1CCC2. The van der Waals surface area contributed by atoms with E-state index in [1.54, 1.807) is 0 Å². The van der Waals surface area contributed by atoms with Gasteiger partial charge < -0.3 is 20.7 Å². The maximum atomic E-state index is 12.5. The summed E-state index contributed by atoms with van der Waals surface area (Å²) in [6, 6.07) is 0. The third kappa shape index (κ3) is 3.92. The summed E-state index contributed by atoms with van der Waals surface area (Å²) >= 11 is 1.47. The quantitative estimate of drug-likeness (QED) is 0.745. The van der Waals surface area contributed by atoms with Gasteiger partial charge in [0.05, 0.1) is 12.1 Å². The van der Waals surface area contributed by atoms with Crippen LogP contribution in [0.2, 0.25) is 0 Å². The molecule has 0 saturated carbocycles. The number of nitrogens with one attached hydrogen (secondary N) is 1. The van der Waals surface area contributed by atoms with Crippen molar-refractivity contribution < 1.29 is 19.1 Å². The summed E-state index contributed by atoms with van der Waals surface area (Å²) in [6.45, 7) is 3.40. The highest BCUT2D eigenvalue weighted by molar-refractivity contribution is 7.17. The molecule has 3 aliphatic rings. The van der Waals surface area contributed by atoms with Gasteiger partial charge in [0.25, 0.3) is 11.8 Å². The molecule has 1 aromatic heterocycles. The van der Waals surface area contributed by atoms with Crippen molar-refractivity contribution in [1.82, 2.24) is 9.80 Å².